The van der Waals surface area contributed by atoms with Crippen molar-refractivity contribution < 1.29 is 5.11 Å². The van der Waals surface area contributed by atoms with Crippen molar-refractivity contribution in [3.8, 4) is 11.8 Å². The molecule has 82 valence electrons. The smallest absolute Gasteiger partial charge is 0.134 e. The highest BCUT2D eigenvalue weighted by Crippen LogP contribution is 2.32. The summed E-state index contributed by atoms with van der Waals surface area (Å²) >= 11 is 3.14. The molecule has 1 aromatic rings. The van der Waals surface area contributed by atoms with Gasteiger partial charge in [-0.2, -0.15) is 5.26 Å². The standard InChI is InChI=1S/C9H10BrN3O.ClH/c10-7-2-5(3-11)1-6(9(7)14)8(13)4-12;/h1-2,8,14H,4,12-13H2;1H/t8-;/m1./s1. The number of hydrogen-bond donors (Lipinski definition) is 3. The SMILES string of the molecule is Cl.N#Cc1cc(Br)c(O)c([C@H](N)CN)c1. The third-order valence-electron chi connectivity index (χ3n) is 1.88. The molecule has 0 aromatic heterocycles. The van der Waals surface area contributed by atoms with E-state index in [1.165, 1.54) is 12.1 Å². The largest absolute Gasteiger partial charge is 0.506 e. The second kappa shape index (κ2) is 5.93. The highest BCUT2D eigenvalue weighted by atomic mass is 79.9. The van der Waals surface area contributed by atoms with Crippen molar-refractivity contribution in [2.75, 3.05) is 6.54 Å². The molecule has 0 saturated heterocycles. The van der Waals surface area contributed by atoms with Crippen molar-refractivity contribution in [2.24, 2.45) is 11.5 Å². The van der Waals surface area contributed by atoms with Gasteiger partial charge in [0.1, 0.15) is 5.75 Å². The zero-order chi connectivity index (χ0) is 10.7. The van der Waals surface area contributed by atoms with E-state index in [-0.39, 0.29) is 24.7 Å². The van der Waals surface area contributed by atoms with Crippen molar-refractivity contribution in [3.63, 3.8) is 0 Å². The zero-order valence-corrected chi connectivity index (χ0v) is 10.2. The molecule has 0 spiro atoms. The number of benzene rings is 1. The van der Waals surface area contributed by atoms with Crippen LogP contribution in [-0.2, 0) is 0 Å². The number of aromatic hydroxyl groups is 1. The minimum Gasteiger partial charge on any atom is -0.506 e. The van der Waals surface area contributed by atoms with Gasteiger partial charge < -0.3 is 16.6 Å². The van der Waals surface area contributed by atoms with Gasteiger partial charge >= 0.3 is 0 Å². The maximum absolute atomic E-state index is 9.63. The lowest BCUT2D eigenvalue weighted by Crippen LogP contribution is -2.21. The number of nitriles is 1. The average molecular weight is 293 g/mol. The first-order valence-corrected chi connectivity index (χ1v) is 4.77. The van der Waals surface area contributed by atoms with Gasteiger partial charge in [0, 0.05) is 18.2 Å². The van der Waals surface area contributed by atoms with Gasteiger partial charge in [-0.25, -0.2) is 0 Å². The van der Waals surface area contributed by atoms with Crippen LogP contribution in [0.15, 0.2) is 16.6 Å². The zero-order valence-electron chi connectivity index (χ0n) is 7.77. The van der Waals surface area contributed by atoms with Crippen LogP contribution in [0, 0.1) is 11.3 Å². The molecule has 4 nitrogen and oxygen atoms in total. The summed E-state index contributed by atoms with van der Waals surface area (Å²) in [5.74, 6) is 0.0435. The summed E-state index contributed by atoms with van der Waals surface area (Å²) in [5, 5.41) is 18.3. The van der Waals surface area contributed by atoms with Crippen LogP contribution in [0.2, 0.25) is 0 Å². The lowest BCUT2D eigenvalue weighted by atomic mass is 10.0. The normalized spacial score (nSPS) is 11.3. The molecule has 1 rings (SSSR count). The Morgan fingerprint density at radius 1 is 1.53 bits per heavy atom. The number of halogens is 2. The van der Waals surface area contributed by atoms with Gasteiger partial charge in [0.05, 0.1) is 16.1 Å². The number of rotatable bonds is 2. The third-order valence-corrected chi connectivity index (χ3v) is 2.48. The van der Waals surface area contributed by atoms with E-state index < -0.39 is 6.04 Å². The predicted molar refractivity (Wildman–Crippen MR) is 63.8 cm³/mol. The number of hydrogen-bond acceptors (Lipinski definition) is 4. The van der Waals surface area contributed by atoms with Crippen molar-refractivity contribution in [2.45, 2.75) is 6.04 Å². The van der Waals surface area contributed by atoms with E-state index in [1.807, 2.05) is 6.07 Å². The second-order valence-corrected chi connectivity index (χ2v) is 3.70. The van der Waals surface area contributed by atoms with Crippen molar-refractivity contribution >= 4 is 28.3 Å². The molecule has 6 heteroatoms. The summed E-state index contributed by atoms with van der Waals surface area (Å²) in [5.41, 5.74) is 12.0. The Kier molecular flexibility index (Phi) is 5.61. The topological polar surface area (TPSA) is 96.1 Å². The quantitative estimate of drug-likeness (QED) is 0.768. The molecule has 0 fully saturated rings. The Morgan fingerprint density at radius 3 is 2.60 bits per heavy atom. The molecule has 0 amide bonds. The summed E-state index contributed by atoms with van der Waals surface area (Å²) < 4.78 is 0.454. The fourth-order valence-electron chi connectivity index (χ4n) is 1.09. The Bertz CT molecular complexity index is 392. The van der Waals surface area contributed by atoms with E-state index >= 15 is 0 Å². The average Bonchev–Trinajstić information content (AvgIpc) is 2.20. The van der Waals surface area contributed by atoms with Crippen LogP contribution in [0.1, 0.15) is 17.2 Å². The van der Waals surface area contributed by atoms with Crippen LogP contribution in [0.5, 0.6) is 5.75 Å². The van der Waals surface area contributed by atoms with Gasteiger partial charge in [-0.15, -0.1) is 12.4 Å². The van der Waals surface area contributed by atoms with Crippen LogP contribution in [-0.4, -0.2) is 11.7 Å². The van der Waals surface area contributed by atoms with Gasteiger partial charge in [0.25, 0.3) is 0 Å². The van der Waals surface area contributed by atoms with Gasteiger partial charge in [-0.1, -0.05) is 0 Å². The van der Waals surface area contributed by atoms with E-state index in [0.29, 0.717) is 15.6 Å². The molecule has 0 bridgehead atoms. The number of phenols is 1. The van der Waals surface area contributed by atoms with E-state index in [0.717, 1.165) is 0 Å². The molecule has 15 heavy (non-hydrogen) atoms. The predicted octanol–water partition coefficient (Wildman–Crippen LogP) is 1.41. The van der Waals surface area contributed by atoms with E-state index in [2.05, 4.69) is 15.9 Å². The first-order chi connectivity index (χ1) is 6.60. The van der Waals surface area contributed by atoms with Crippen LogP contribution in [0.3, 0.4) is 0 Å². The first kappa shape index (κ1) is 14.2. The number of nitrogens with zero attached hydrogens (tertiary/aromatic N) is 1. The van der Waals surface area contributed by atoms with Crippen LogP contribution < -0.4 is 11.5 Å². The Balaban J connectivity index is 0.00000196. The van der Waals surface area contributed by atoms with E-state index in [9.17, 15) is 5.11 Å². The molecule has 0 unspecified atom stereocenters. The summed E-state index contributed by atoms with van der Waals surface area (Å²) in [4.78, 5) is 0. The second-order valence-electron chi connectivity index (χ2n) is 2.85. The third kappa shape index (κ3) is 3.08. The van der Waals surface area contributed by atoms with Gasteiger partial charge in [0.2, 0.25) is 0 Å². The fourth-order valence-corrected chi connectivity index (χ4v) is 1.57. The fraction of sp³-hybridized carbons (Fsp3) is 0.222. The molecule has 0 radical (unpaired) electrons. The lowest BCUT2D eigenvalue weighted by Gasteiger charge is -2.12. The Labute approximate surface area is 102 Å². The van der Waals surface area contributed by atoms with Crippen molar-refractivity contribution in [1.29, 1.82) is 5.26 Å². The monoisotopic (exact) mass is 291 g/mol. The molecule has 1 atom stereocenters. The molecule has 0 aliphatic rings. The summed E-state index contributed by atoms with van der Waals surface area (Å²) in [6.07, 6.45) is 0. The van der Waals surface area contributed by atoms with Crippen LogP contribution in [0.4, 0.5) is 0 Å². The molecule has 0 aliphatic carbocycles. The first-order valence-electron chi connectivity index (χ1n) is 3.98. The molecular formula is C9H11BrClN3O. The molecule has 0 aliphatic heterocycles. The summed E-state index contributed by atoms with van der Waals surface area (Å²) in [7, 11) is 0. The van der Waals surface area contributed by atoms with Gasteiger partial charge in [-0.3, -0.25) is 0 Å². The number of nitrogens with two attached hydrogens (primary N) is 2. The highest BCUT2D eigenvalue weighted by molar-refractivity contribution is 9.10. The number of phenolic OH excluding ortho intramolecular Hbond substituents is 1. The molecule has 0 heterocycles. The van der Waals surface area contributed by atoms with Crippen molar-refractivity contribution in [1.82, 2.24) is 0 Å². The molecule has 5 N–H and O–H groups in total. The molecule has 0 saturated carbocycles. The van der Waals surface area contributed by atoms with E-state index in [4.69, 9.17) is 16.7 Å². The molecule has 1 aromatic carbocycles. The van der Waals surface area contributed by atoms with Crippen LogP contribution in [0.25, 0.3) is 0 Å². The minimum absolute atomic E-state index is 0. The minimum atomic E-state index is -0.459. The van der Waals surface area contributed by atoms with Gasteiger partial charge in [-0.05, 0) is 28.1 Å². The Morgan fingerprint density at radius 2 is 2.13 bits per heavy atom. The lowest BCUT2D eigenvalue weighted by molar-refractivity contribution is 0.458. The maximum Gasteiger partial charge on any atom is 0.134 e. The summed E-state index contributed by atoms with van der Waals surface area (Å²) in [6.45, 7) is 0.217. The van der Waals surface area contributed by atoms with Gasteiger partial charge in [0.15, 0.2) is 0 Å². The maximum atomic E-state index is 9.63. The van der Waals surface area contributed by atoms with Crippen LogP contribution >= 0.6 is 28.3 Å². The van der Waals surface area contributed by atoms with Crippen molar-refractivity contribution in [3.05, 3.63) is 27.7 Å². The summed E-state index contributed by atoms with van der Waals surface area (Å²) in [6, 6.07) is 4.59. The molecular weight excluding hydrogens is 281 g/mol. The Hall–Kier alpha value is -0.800. The van der Waals surface area contributed by atoms with E-state index in [1.54, 1.807) is 0 Å². The highest BCUT2D eigenvalue weighted by Gasteiger charge is 2.13.